The van der Waals surface area contributed by atoms with E-state index in [0.717, 1.165) is 49.1 Å². The molecule has 0 atom stereocenters. The van der Waals surface area contributed by atoms with Crippen LogP contribution in [0, 0.1) is 40.2 Å². The maximum Gasteiger partial charge on any atom is 0.243 e. The van der Waals surface area contributed by atoms with E-state index in [9.17, 15) is 22.0 Å². The van der Waals surface area contributed by atoms with Crippen LogP contribution >= 0.6 is 0 Å². The highest BCUT2D eigenvalue weighted by Gasteiger charge is 2.59. The maximum atomic E-state index is 13.8. The van der Waals surface area contributed by atoms with Crippen LogP contribution < -0.4 is 5.32 Å². The van der Waals surface area contributed by atoms with Crippen molar-refractivity contribution in [3.05, 3.63) is 47.4 Å². The molecule has 1 aliphatic heterocycles. The quantitative estimate of drug-likeness (QED) is 0.606. The second-order valence-corrected chi connectivity index (χ2v) is 14.0. The number of carbonyl (C=O) groups is 1. The molecule has 7 nitrogen and oxygen atoms in total. The number of nitrogens with one attached hydrogen (secondary N) is 1. The number of nitrogens with zero attached hydrogens (tertiary/aromatic N) is 3. The topological polar surface area (TPSA) is 92.3 Å². The minimum atomic E-state index is -4.05. The predicted octanol–water partition coefficient (Wildman–Crippen LogP) is 4.68. The lowest BCUT2D eigenvalue weighted by Crippen LogP contribution is -2.56. The normalized spacial score (nSPS) is 29.2. The average molecular weight is 531 g/mol. The minimum absolute atomic E-state index is 0.00817. The first-order valence-corrected chi connectivity index (χ1v) is 14.5. The molecule has 0 radical (unpaired) electrons. The van der Waals surface area contributed by atoms with Crippen LogP contribution in [0.3, 0.4) is 0 Å². The molecule has 2 aromatic rings. The molecule has 1 amide bonds. The highest BCUT2D eigenvalue weighted by atomic mass is 32.2. The number of hydrogen-bond donors (Lipinski definition) is 1. The SMILES string of the molecule is CC(C)(C(=O)Nc1ncnc2c1CCN(S(=O)(=O)c1ccc(F)c(F)c1)C2)C12CC3CC(CC(C3)C1)C2. The molecule has 4 aliphatic carbocycles. The Morgan fingerprint density at radius 3 is 2.32 bits per heavy atom. The van der Waals surface area contributed by atoms with Crippen molar-refractivity contribution in [3.8, 4) is 0 Å². The highest BCUT2D eigenvalue weighted by molar-refractivity contribution is 7.89. The van der Waals surface area contributed by atoms with E-state index in [1.165, 1.54) is 29.9 Å². The van der Waals surface area contributed by atoms with Gasteiger partial charge in [-0.05, 0) is 86.3 Å². The van der Waals surface area contributed by atoms with Crippen molar-refractivity contribution in [2.45, 2.75) is 70.2 Å². The van der Waals surface area contributed by atoms with Gasteiger partial charge in [-0.2, -0.15) is 4.31 Å². The number of benzene rings is 1. The second kappa shape index (κ2) is 8.53. The third-order valence-corrected chi connectivity index (χ3v) is 11.5. The van der Waals surface area contributed by atoms with Crippen LogP contribution in [0.5, 0.6) is 0 Å². The summed E-state index contributed by atoms with van der Waals surface area (Å²) >= 11 is 0. The molecule has 1 N–H and O–H groups in total. The zero-order valence-electron chi connectivity index (χ0n) is 21.1. The van der Waals surface area contributed by atoms with Gasteiger partial charge in [-0.3, -0.25) is 4.79 Å². The van der Waals surface area contributed by atoms with Gasteiger partial charge < -0.3 is 5.32 Å². The van der Waals surface area contributed by atoms with E-state index in [0.29, 0.717) is 29.6 Å². The zero-order valence-corrected chi connectivity index (χ0v) is 22.0. The Kier molecular flexibility index (Phi) is 5.73. The lowest BCUT2D eigenvalue weighted by molar-refractivity contribution is -0.151. The summed E-state index contributed by atoms with van der Waals surface area (Å²) < 4.78 is 54.4. The van der Waals surface area contributed by atoms with Crippen LogP contribution in [0.4, 0.5) is 14.6 Å². The second-order valence-electron chi connectivity index (χ2n) is 12.1. The fourth-order valence-corrected chi connectivity index (χ4v) is 9.22. The molecule has 10 heteroatoms. The van der Waals surface area contributed by atoms with Crippen molar-refractivity contribution in [1.29, 1.82) is 0 Å². The molecule has 4 saturated carbocycles. The summed E-state index contributed by atoms with van der Waals surface area (Å²) in [6, 6.07) is 2.56. The lowest BCUT2D eigenvalue weighted by atomic mass is 9.43. The van der Waals surface area contributed by atoms with Gasteiger partial charge in [-0.15, -0.1) is 0 Å². The summed E-state index contributed by atoms with van der Waals surface area (Å²) in [4.78, 5) is 22.1. The van der Waals surface area contributed by atoms with Gasteiger partial charge >= 0.3 is 0 Å². The third kappa shape index (κ3) is 3.98. The fourth-order valence-electron chi connectivity index (χ4n) is 7.81. The van der Waals surface area contributed by atoms with Gasteiger partial charge in [0.15, 0.2) is 11.6 Å². The highest BCUT2D eigenvalue weighted by Crippen LogP contribution is 2.66. The molecule has 0 unspecified atom stereocenters. The number of anilines is 1. The molecule has 5 aliphatic rings. The fraction of sp³-hybridized carbons (Fsp3) is 0.593. The summed E-state index contributed by atoms with van der Waals surface area (Å²) in [5.74, 6) is 0.248. The molecule has 0 saturated heterocycles. The Labute approximate surface area is 216 Å². The monoisotopic (exact) mass is 530 g/mol. The van der Waals surface area contributed by atoms with Crippen molar-refractivity contribution in [1.82, 2.24) is 14.3 Å². The van der Waals surface area contributed by atoms with Gasteiger partial charge in [0.25, 0.3) is 0 Å². The van der Waals surface area contributed by atoms with Crippen LogP contribution in [0.2, 0.25) is 0 Å². The summed E-state index contributed by atoms with van der Waals surface area (Å²) in [5, 5.41) is 3.09. The Balaban J connectivity index is 1.22. The number of carbonyl (C=O) groups excluding carboxylic acids is 1. The van der Waals surface area contributed by atoms with Crippen molar-refractivity contribution in [3.63, 3.8) is 0 Å². The number of fused-ring (bicyclic) bond motifs is 1. The summed E-state index contributed by atoms with van der Waals surface area (Å²) in [6.45, 7) is 4.21. The Morgan fingerprint density at radius 2 is 1.70 bits per heavy atom. The average Bonchev–Trinajstić information content (AvgIpc) is 2.84. The van der Waals surface area contributed by atoms with E-state index in [2.05, 4.69) is 29.1 Å². The summed E-state index contributed by atoms with van der Waals surface area (Å²) in [7, 11) is -4.05. The van der Waals surface area contributed by atoms with E-state index < -0.39 is 27.1 Å². The van der Waals surface area contributed by atoms with Crippen molar-refractivity contribution < 1.29 is 22.0 Å². The Hall–Kier alpha value is -2.46. The largest absolute Gasteiger partial charge is 0.310 e. The van der Waals surface area contributed by atoms with Gasteiger partial charge in [0.05, 0.1) is 17.1 Å². The van der Waals surface area contributed by atoms with E-state index in [1.54, 1.807) is 0 Å². The lowest BCUT2D eigenvalue weighted by Gasteiger charge is -2.61. The standard InChI is InChI=1S/C27H32F2N4O3S/c1-26(2,27-11-16-7-17(12-27)9-18(8-16)13-27)25(34)32-24-20-5-6-33(14-23(20)30-15-31-24)37(35,36)19-3-4-21(28)22(29)10-19/h3-4,10,15-18H,5-9,11-14H2,1-2H3,(H,30,31,32,34). The Bertz CT molecular complexity index is 1340. The first kappa shape index (κ1) is 24.9. The zero-order chi connectivity index (χ0) is 26.2. The van der Waals surface area contributed by atoms with E-state index in [-0.39, 0.29) is 29.3 Å². The number of halogens is 2. The number of hydrogen-bond acceptors (Lipinski definition) is 5. The minimum Gasteiger partial charge on any atom is -0.310 e. The van der Waals surface area contributed by atoms with Crippen molar-refractivity contribution in [2.24, 2.45) is 28.6 Å². The summed E-state index contributed by atoms with van der Waals surface area (Å²) in [5.41, 5.74) is 0.662. The van der Waals surface area contributed by atoms with Crippen LogP contribution in [-0.2, 0) is 27.8 Å². The van der Waals surface area contributed by atoms with Gasteiger partial charge in [-0.1, -0.05) is 13.8 Å². The smallest absolute Gasteiger partial charge is 0.243 e. The van der Waals surface area contributed by atoms with E-state index >= 15 is 0 Å². The molecule has 1 aromatic carbocycles. The molecule has 1 aromatic heterocycles. The molecule has 7 rings (SSSR count). The molecular weight excluding hydrogens is 498 g/mol. The molecular formula is C27H32F2N4O3S. The first-order valence-electron chi connectivity index (χ1n) is 13.1. The van der Waals surface area contributed by atoms with Gasteiger partial charge in [0, 0.05) is 17.5 Å². The van der Waals surface area contributed by atoms with E-state index in [4.69, 9.17) is 0 Å². The molecule has 2 heterocycles. The first-order chi connectivity index (χ1) is 17.5. The number of aromatic nitrogens is 2. The number of amides is 1. The maximum absolute atomic E-state index is 13.8. The summed E-state index contributed by atoms with van der Waals surface area (Å²) in [6.07, 6.45) is 8.88. The molecule has 4 bridgehead atoms. The predicted molar refractivity (Wildman–Crippen MR) is 133 cm³/mol. The number of rotatable bonds is 5. The molecule has 0 spiro atoms. The van der Waals surface area contributed by atoms with Crippen molar-refractivity contribution in [2.75, 3.05) is 11.9 Å². The Morgan fingerprint density at radius 1 is 1.05 bits per heavy atom. The molecule has 198 valence electrons. The van der Waals surface area contributed by atoms with Gasteiger partial charge in [0.2, 0.25) is 15.9 Å². The van der Waals surface area contributed by atoms with Crippen LogP contribution in [0.1, 0.15) is 63.6 Å². The van der Waals surface area contributed by atoms with Crippen LogP contribution in [0.25, 0.3) is 0 Å². The van der Waals surface area contributed by atoms with Crippen LogP contribution in [0.15, 0.2) is 29.4 Å². The van der Waals surface area contributed by atoms with Gasteiger partial charge in [0.1, 0.15) is 12.1 Å². The van der Waals surface area contributed by atoms with Crippen LogP contribution in [-0.4, -0.2) is 35.1 Å². The van der Waals surface area contributed by atoms with Crippen molar-refractivity contribution >= 4 is 21.7 Å². The third-order valence-electron chi connectivity index (χ3n) is 9.66. The molecule has 37 heavy (non-hydrogen) atoms. The number of sulfonamides is 1. The molecule has 4 fully saturated rings. The van der Waals surface area contributed by atoms with Gasteiger partial charge in [-0.25, -0.2) is 27.2 Å². The van der Waals surface area contributed by atoms with E-state index in [1.807, 2.05) is 0 Å².